The van der Waals surface area contributed by atoms with Gasteiger partial charge in [-0.1, -0.05) is 0 Å². The monoisotopic (exact) mass is 325 g/mol. The number of ketones is 1. The van der Waals surface area contributed by atoms with Gasteiger partial charge in [0, 0.05) is 24.6 Å². The highest BCUT2D eigenvalue weighted by molar-refractivity contribution is 5.98. The molecule has 1 unspecified atom stereocenters. The molecule has 0 spiro atoms. The second-order valence-electron chi connectivity index (χ2n) is 6.76. The van der Waals surface area contributed by atoms with Crippen molar-refractivity contribution in [2.75, 3.05) is 13.1 Å². The Hall–Kier alpha value is -1.98. The van der Waals surface area contributed by atoms with E-state index in [1.807, 2.05) is 0 Å². The zero-order valence-corrected chi connectivity index (χ0v) is 13.6. The van der Waals surface area contributed by atoms with E-state index in [1.54, 1.807) is 20.8 Å². The molecular formula is C17H21F2NO3. The quantitative estimate of drug-likeness (QED) is 0.777. The van der Waals surface area contributed by atoms with E-state index in [0.717, 1.165) is 12.1 Å². The van der Waals surface area contributed by atoms with Gasteiger partial charge in [0.05, 0.1) is 0 Å². The van der Waals surface area contributed by atoms with Crippen LogP contribution in [0.2, 0.25) is 0 Å². The van der Waals surface area contributed by atoms with Gasteiger partial charge >= 0.3 is 6.09 Å². The van der Waals surface area contributed by atoms with Gasteiger partial charge in [-0.15, -0.1) is 0 Å². The van der Waals surface area contributed by atoms with Crippen molar-refractivity contribution in [3.8, 4) is 0 Å². The molecule has 1 aromatic carbocycles. The predicted octanol–water partition coefficient (Wildman–Crippen LogP) is 3.79. The Morgan fingerprint density at radius 1 is 1.22 bits per heavy atom. The van der Waals surface area contributed by atoms with E-state index in [4.69, 9.17) is 4.74 Å². The average molecular weight is 325 g/mol. The molecule has 0 radical (unpaired) electrons. The summed E-state index contributed by atoms with van der Waals surface area (Å²) in [6, 6.07) is 3.12. The van der Waals surface area contributed by atoms with Crippen molar-refractivity contribution in [3.05, 3.63) is 35.4 Å². The summed E-state index contributed by atoms with van der Waals surface area (Å²) in [6.07, 6.45) is 0.816. The molecule has 0 saturated carbocycles. The van der Waals surface area contributed by atoms with Gasteiger partial charge in [0.1, 0.15) is 5.60 Å². The number of nitrogens with zero attached hydrogens (tertiary/aromatic N) is 1. The molecule has 1 aliphatic heterocycles. The van der Waals surface area contributed by atoms with Crippen LogP contribution in [0.1, 0.15) is 44.0 Å². The number of piperidine rings is 1. The average Bonchev–Trinajstić information content (AvgIpc) is 2.48. The number of amides is 1. The van der Waals surface area contributed by atoms with Crippen molar-refractivity contribution in [2.45, 2.75) is 39.2 Å². The van der Waals surface area contributed by atoms with Crippen LogP contribution in [0.5, 0.6) is 0 Å². The predicted molar refractivity (Wildman–Crippen MR) is 81.2 cm³/mol. The highest BCUT2D eigenvalue weighted by Crippen LogP contribution is 2.23. The number of ether oxygens (including phenoxy) is 1. The van der Waals surface area contributed by atoms with Gasteiger partial charge in [-0.3, -0.25) is 4.79 Å². The minimum absolute atomic E-state index is 0.125. The summed E-state index contributed by atoms with van der Waals surface area (Å²) in [6.45, 7) is 6.08. The summed E-state index contributed by atoms with van der Waals surface area (Å²) >= 11 is 0. The Morgan fingerprint density at radius 2 is 1.91 bits per heavy atom. The summed E-state index contributed by atoms with van der Waals surface area (Å²) in [7, 11) is 0. The third kappa shape index (κ3) is 4.50. The molecule has 2 rings (SSSR count). The van der Waals surface area contributed by atoms with Crippen molar-refractivity contribution in [1.82, 2.24) is 4.90 Å². The molecule has 0 aromatic heterocycles. The first-order valence-electron chi connectivity index (χ1n) is 7.64. The SMILES string of the molecule is CC(C)(C)OC(=O)N1CCCC(C(=O)c2ccc(F)c(F)c2)C1. The van der Waals surface area contributed by atoms with Crippen LogP contribution in [0.4, 0.5) is 13.6 Å². The maximum absolute atomic E-state index is 13.3. The number of carbonyl (C=O) groups excluding carboxylic acids is 2. The van der Waals surface area contributed by atoms with E-state index >= 15 is 0 Å². The topological polar surface area (TPSA) is 46.6 Å². The van der Waals surface area contributed by atoms with Crippen molar-refractivity contribution < 1.29 is 23.1 Å². The molecular weight excluding hydrogens is 304 g/mol. The van der Waals surface area contributed by atoms with Crippen LogP contribution in [0.3, 0.4) is 0 Å². The summed E-state index contributed by atoms with van der Waals surface area (Å²) in [5, 5.41) is 0. The van der Waals surface area contributed by atoms with Gasteiger partial charge in [0.25, 0.3) is 0 Å². The van der Waals surface area contributed by atoms with Crippen LogP contribution in [-0.2, 0) is 4.74 Å². The smallest absolute Gasteiger partial charge is 0.410 e. The zero-order valence-electron chi connectivity index (χ0n) is 13.6. The van der Waals surface area contributed by atoms with Crippen LogP contribution in [0.15, 0.2) is 18.2 Å². The lowest BCUT2D eigenvalue weighted by atomic mass is 9.90. The Morgan fingerprint density at radius 3 is 2.52 bits per heavy atom. The van der Waals surface area contributed by atoms with Crippen molar-refractivity contribution in [1.29, 1.82) is 0 Å². The van der Waals surface area contributed by atoms with Gasteiger partial charge in [0.2, 0.25) is 0 Å². The molecule has 1 aromatic rings. The number of Topliss-reactive ketones (excluding diaryl/α,β-unsaturated/α-hetero) is 1. The number of likely N-dealkylation sites (tertiary alicyclic amines) is 1. The van der Waals surface area contributed by atoms with Crippen LogP contribution < -0.4 is 0 Å². The summed E-state index contributed by atoms with van der Waals surface area (Å²) < 4.78 is 31.6. The minimum atomic E-state index is -1.05. The molecule has 1 atom stereocenters. The van der Waals surface area contributed by atoms with Gasteiger partial charge in [-0.25, -0.2) is 13.6 Å². The van der Waals surface area contributed by atoms with Crippen molar-refractivity contribution in [2.24, 2.45) is 5.92 Å². The summed E-state index contributed by atoms with van der Waals surface area (Å²) in [5.41, 5.74) is -0.478. The van der Waals surface area contributed by atoms with E-state index in [9.17, 15) is 18.4 Å². The van der Waals surface area contributed by atoms with E-state index in [-0.39, 0.29) is 17.9 Å². The number of hydrogen-bond donors (Lipinski definition) is 0. The molecule has 1 saturated heterocycles. The fourth-order valence-electron chi connectivity index (χ4n) is 2.57. The number of carbonyl (C=O) groups is 2. The highest BCUT2D eigenvalue weighted by atomic mass is 19.2. The van der Waals surface area contributed by atoms with Crippen LogP contribution in [0, 0.1) is 17.6 Å². The Labute approximate surface area is 134 Å². The van der Waals surface area contributed by atoms with Crippen LogP contribution in [-0.4, -0.2) is 35.5 Å². The molecule has 0 N–H and O–H groups in total. The summed E-state index contributed by atoms with van der Waals surface area (Å²) in [5.74, 6) is -2.74. The Bertz CT molecular complexity index is 610. The second kappa shape index (κ2) is 6.64. The van der Waals surface area contributed by atoms with E-state index < -0.39 is 29.2 Å². The van der Waals surface area contributed by atoms with Crippen LogP contribution in [0.25, 0.3) is 0 Å². The molecule has 1 heterocycles. The number of hydrogen-bond acceptors (Lipinski definition) is 3. The minimum Gasteiger partial charge on any atom is -0.444 e. The molecule has 1 aliphatic rings. The van der Waals surface area contributed by atoms with E-state index in [1.165, 1.54) is 11.0 Å². The maximum atomic E-state index is 13.3. The lowest BCUT2D eigenvalue weighted by molar-refractivity contribution is 0.0172. The molecule has 23 heavy (non-hydrogen) atoms. The van der Waals surface area contributed by atoms with Crippen LogP contribution >= 0.6 is 0 Å². The fourth-order valence-corrected chi connectivity index (χ4v) is 2.57. The second-order valence-corrected chi connectivity index (χ2v) is 6.76. The summed E-state index contributed by atoms with van der Waals surface area (Å²) in [4.78, 5) is 26.0. The maximum Gasteiger partial charge on any atom is 0.410 e. The number of halogens is 2. The zero-order chi connectivity index (χ0) is 17.2. The molecule has 0 aliphatic carbocycles. The third-order valence-electron chi connectivity index (χ3n) is 3.65. The van der Waals surface area contributed by atoms with Gasteiger partial charge in [-0.2, -0.15) is 0 Å². The van der Waals surface area contributed by atoms with E-state index in [2.05, 4.69) is 0 Å². The third-order valence-corrected chi connectivity index (χ3v) is 3.65. The number of benzene rings is 1. The molecule has 1 fully saturated rings. The molecule has 4 nitrogen and oxygen atoms in total. The normalized spacial score (nSPS) is 18.7. The Balaban J connectivity index is 2.07. The van der Waals surface area contributed by atoms with Crippen molar-refractivity contribution >= 4 is 11.9 Å². The first kappa shape index (κ1) is 17.4. The Kier molecular flexibility index (Phi) is 5.02. The van der Waals surface area contributed by atoms with Crippen molar-refractivity contribution in [3.63, 3.8) is 0 Å². The highest BCUT2D eigenvalue weighted by Gasteiger charge is 2.31. The molecule has 6 heteroatoms. The lowest BCUT2D eigenvalue weighted by Crippen LogP contribution is -2.44. The van der Waals surface area contributed by atoms with E-state index in [0.29, 0.717) is 19.4 Å². The molecule has 0 bridgehead atoms. The first-order valence-corrected chi connectivity index (χ1v) is 7.64. The van der Waals surface area contributed by atoms with Gasteiger partial charge in [-0.05, 0) is 51.8 Å². The largest absolute Gasteiger partial charge is 0.444 e. The standard InChI is InChI=1S/C17H21F2NO3/c1-17(2,3)23-16(22)20-8-4-5-12(10-20)15(21)11-6-7-13(18)14(19)9-11/h6-7,9,12H,4-5,8,10H2,1-3H3. The number of rotatable bonds is 2. The van der Waals surface area contributed by atoms with Gasteiger partial charge in [0.15, 0.2) is 17.4 Å². The van der Waals surface area contributed by atoms with Gasteiger partial charge < -0.3 is 9.64 Å². The fraction of sp³-hybridized carbons (Fsp3) is 0.529. The molecule has 126 valence electrons. The molecule has 1 amide bonds. The lowest BCUT2D eigenvalue weighted by Gasteiger charge is -2.33. The first-order chi connectivity index (χ1) is 10.7.